The Bertz CT molecular complexity index is 498. The Kier molecular flexibility index (Phi) is 3.67. The fourth-order valence-corrected chi connectivity index (χ4v) is 3.06. The van der Waals surface area contributed by atoms with E-state index in [1.165, 1.54) is 11.1 Å². The highest BCUT2D eigenvalue weighted by molar-refractivity contribution is 9.10. The van der Waals surface area contributed by atoms with Gasteiger partial charge in [-0.1, -0.05) is 40.2 Å². The molecule has 1 aliphatic heterocycles. The molecule has 2 atom stereocenters. The van der Waals surface area contributed by atoms with Gasteiger partial charge in [-0.2, -0.15) is 0 Å². The Hall–Kier alpha value is -1.19. The zero-order valence-electron chi connectivity index (χ0n) is 10.4. The molecule has 0 aromatic heterocycles. The number of nitrogens with one attached hydrogen (secondary N) is 1. The lowest BCUT2D eigenvalue weighted by atomic mass is 9.84. The first-order valence-corrected chi connectivity index (χ1v) is 7.25. The van der Waals surface area contributed by atoms with Gasteiger partial charge in [0.05, 0.1) is 0 Å². The van der Waals surface area contributed by atoms with E-state index in [4.69, 9.17) is 0 Å². The van der Waals surface area contributed by atoms with E-state index in [0.717, 1.165) is 17.6 Å². The molecule has 2 aromatic carbocycles. The quantitative estimate of drug-likeness (QED) is 0.880. The average Bonchev–Trinajstić information content (AvgIpc) is 2.90. The van der Waals surface area contributed by atoms with E-state index in [1.807, 2.05) is 12.1 Å². The molecule has 0 radical (unpaired) electrons. The van der Waals surface area contributed by atoms with Crippen molar-refractivity contribution in [2.45, 2.75) is 11.8 Å². The van der Waals surface area contributed by atoms with Crippen LogP contribution in [0.25, 0.3) is 0 Å². The summed E-state index contributed by atoms with van der Waals surface area (Å²) in [5.74, 6) is 0.704. The van der Waals surface area contributed by atoms with E-state index in [0.29, 0.717) is 11.8 Å². The first-order chi connectivity index (χ1) is 9.24. The molecule has 1 heterocycles. The lowest BCUT2D eigenvalue weighted by molar-refractivity contribution is 0.621. The van der Waals surface area contributed by atoms with Gasteiger partial charge in [-0.25, -0.2) is 4.39 Å². The van der Waals surface area contributed by atoms with Crippen molar-refractivity contribution in [3.05, 3.63) is 69.9 Å². The Morgan fingerprint density at radius 2 is 1.32 bits per heavy atom. The van der Waals surface area contributed by atoms with Crippen molar-refractivity contribution < 1.29 is 4.39 Å². The molecule has 19 heavy (non-hydrogen) atoms. The predicted molar refractivity (Wildman–Crippen MR) is 78.9 cm³/mol. The fraction of sp³-hybridized carbons (Fsp3) is 0.250. The summed E-state index contributed by atoms with van der Waals surface area (Å²) in [5.41, 5.74) is 2.54. The van der Waals surface area contributed by atoms with Crippen LogP contribution < -0.4 is 5.32 Å². The lowest BCUT2D eigenvalue weighted by Crippen LogP contribution is -2.09. The number of halogens is 2. The van der Waals surface area contributed by atoms with Crippen LogP contribution in [0.2, 0.25) is 0 Å². The standard InChI is InChI=1S/C16H15BrFN/c17-13-5-1-11(2-6-13)15-9-19-10-16(15)12-3-7-14(18)8-4-12/h1-8,15-16,19H,9-10H2/t15-,16+/m0/s1. The predicted octanol–water partition coefficient (Wildman–Crippen LogP) is 4.06. The molecule has 1 fully saturated rings. The summed E-state index contributed by atoms with van der Waals surface area (Å²) >= 11 is 3.46. The normalized spacial score (nSPS) is 22.6. The van der Waals surface area contributed by atoms with Crippen molar-refractivity contribution in [3.63, 3.8) is 0 Å². The topological polar surface area (TPSA) is 12.0 Å². The lowest BCUT2D eigenvalue weighted by Gasteiger charge is -2.19. The van der Waals surface area contributed by atoms with Crippen LogP contribution in [0, 0.1) is 5.82 Å². The molecule has 0 saturated carbocycles. The summed E-state index contributed by atoms with van der Waals surface area (Å²) in [7, 11) is 0. The van der Waals surface area contributed by atoms with Crippen LogP contribution in [0.15, 0.2) is 53.0 Å². The van der Waals surface area contributed by atoms with Crippen molar-refractivity contribution >= 4 is 15.9 Å². The Morgan fingerprint density at radius 1 is 0.842 bits per heavy atom. The molecule has 0 unspecified atom stereocenters. The maximum absolute atomic E-state index is 13.0. The molecule has 2 aromatic rings. The van der Waals surface area contributed by atoms with Gasteiger partial charge in [0.25, 0.3) is 0 Å². The maximum atomic E-state index is 13.0. The molecule has 1 saturated heterocycles. The fourth-order valence-electron chi connectivity index (χ4n) is 2.80. The number of rotatable bonds is 2. The van der Waals surface area contributed by atoms with Crippen LogP contribution in [-0.4, -0.2) is 13.1 Å². The minimum absolute atomic E-state index is 0.171. The smallest absolute Gasteiger partial charge is 0.123 e. The van der Waals surface area contributed by atoms with Gasteiger partial charge in [0, 0.05) is 29.4 Å². The Labute approximate surface area is 121 Å². The molecular weight excluding hydrogens is 305 g/mol. The summed E-state index contributed by atoms with van der Waals surface area (Å²) in [6.07, 6.45) is 0. The van der Waals surface area contributed by atoms with E-state index >= 15 is 0 Å². The third kappa shape index (κ3) is 2.72. The molecule has 1 aliphatic rings. The highest BCUT2D eigenvalue weighted by Crippen LogP contribution is 2.36. The summed E-state index contributed by atoms with van der Waals surface area (Å²) < 4.78 is 14.1. The van der Waals surface area contributed by atoms with Crippen LogP contribution >= 0.6 is 15.9 Å². The van der Waals surface area contributed by atoms with Crippen molar-refractivity contribution in [2.24, 2.45) is 0 Å². The van der Waals surface area contributed by atoms with Gasteiger partial charge in [-0.15, -0.1) is 0 Å². The maximum Gasteiger partial charge on any atom is 0.123 e. The summed E-state index contributed by atoms with van der Waals surface area (Å²) in [6.45, 7) is 1.93. The van der Waals surface area contributed by atoms with Gasteiger partial charge >= 0.3 is 0 Å². The first-order valence-electron chi connectivity index (χ1n) is 6.45. The molecule has 0 aliphatic carbocycles. The second kappa shape index (κ2) is 5.43. The third-order valence-electron chi connectivity index (χ3n) is 3.81. The first kappa shape index (κ1) is 12.8. The average molecular weight is 320 g/mol. The van der Waals surface area contributed by atoms with Gasteiger partial charge in [0.15, 0.2) is 0 Å². The van der Waals surface area contributed by atoms with Crippen molar-refractivity contribution in [2.75, 3.05) is 13.1 Å². The van der Waals surface area contributed by atoms with E-state index < -0.39 is 0 Å². The van der Waals surface area contributed by atoms with Crippen LogP contribution in [-0.2, 0) is 0 Å². The van der Waals surface area contributed by atoms with Crippen molar-refractivity contribution in [3.8, 4) is 0 Å². The summed E-state index contributed by atoms with van der Waals surface area (Å²) in [6, 6.07) is 15.4. The molecule has 3 rings (SSSR count). The Morgan fingerprint density at radius 3 is 1.84 bits per heavy atom. The molecule has 98 valence electrons. The zero-order chi connectivity index (χ0) is 13.2. The molecule has 1 N–H and O–H groups in total. The molecule has 0 bridgehead atoms. The second-order valence-electron chi connectivity index (χ2n) is 4.97. The third-order valence-corrected chi connectivity index (χ3v) is 4.34. The molecule has 3 heteroatoms. The SMILES string of the molecule is Fc1ccc([C@H]2CNC[C@H]2c2ccc(Br)cc2)cc1. The van der Waals surface area contributed by atoms with E-state index in [-0.39, 0.29) is 5.82 Å². The Balaban J connectivity index is 1.89. The van der Waals surface area contributed by atoms with Crippen LogP contribution in [0.1, 0.15) is 23.0 Å². The zero-order valence-corrected chi connectivity index (χ0v) is 12.0. The highest BCUT2D eigenvalue weighted by Gasteiger charge is 2.29. The molecular formula is C16H15BrFN. The van der Waals surface area contributed by atoms with Gasteiger partial charge in [0.2, 0.25) is 0 Å². The van der Waals surface area contributed by atoms with Crippen LogP contribution in [0.5, 0.6) is 0 Å². The van der Waals surface area contributed by atoms with Gasteiger partial charge in [-0.3, -0.25) is 0 Å². The number of hydrogen-bond acceptors (Lipinski definition) is 1. The minimum atomic E-state index is -0.171. The molecule has 0 amide bonds. The van der Waals surface area contributed by atoms with Gasteiger partial charge < -0.3 is 5.32 Å². The van der Waals surface area contributed by atoms with Crippen LogP contribution in [0.4, 0.5) is 4.39 Å². The van der Waals surface area contributed by atoms with E-state index in [9.17, 15) is 4.39 Å². The van der Waals surface area contributed by atoms with Crippen molar-refractivity contribution in [1.29, 1.82) is 0 Å². The summed E-state index contributed by atoms with van der Waals surface area (Å²) in [4.78, 5) is 0. The largest absolute Gasteiger partial charge is 0.315 e. The molecule has 1 nitrogen and oxygen atoms in total. The molecule has 0 spiro atoms. The minimum Gasteiger partial charge on any atom is -0.315 e. The van der Waals surface area contributed by atoms with E-state index in [2.05, 4.69) is 45.5 Å². The monoisotopic (exact) mass is 319 g/mol. The summed E-state index contributed by atoms with van der Waals surface area (Å²) in [5, 5.41) is 3.44. The van der Waals surface area contributed by atoms with Crippen molar-refractivity contribution in [1.82, 2.24) is 5.32 Å². The number of hydrogen-bond donors (Lipinski definition) is 1. The van der Waals surface area contributed by atoms with Gasteiger partial charge in [-0.05, 0) is 35.4 Å². The van der Waals surface area contributed by atoms with Crippen LogP contribution in [0.3, 0.4) is 0 Å². The highest BCUT2D eigenvalue weighted by atomic mass is 79.9. The van der Waals surface area contributed by atoms with E-state index in [1.54, 1.807) is 12.1 Å². The number of benzene rings is 2. The van der Waals surface area contributed by atoms with Gasteiger partial charge in [0.1, 0.15) is 5.82 Å². The second-order valence-corrected chi connectivity index (χ2v) is 5.89.